The Morgan fingerprint density at radius 3 is 1.52 bits per heavy atom. The Kier molecular flexibility index (Phi) is 10.1. The van der Waals surface area contributed by atoms with Crippen molar-refractivity contribution in [3.05, 3.63) is 202 Å². The second kappa shape index (κ2) is 15.1. The minimum Gasteiger partial charge on any atom is -0.371 e. The molecule has 0 bridgehead atoms. The van der Waals surface area contributed by atoms with Crippen molar-refractivity contribution in [2.45, 2.75) is 13.3 Å². The van der Waals surface area contributed by atoms with E-state index in [9.17, 15) is 0 Å². The van der Waals surface area contributed by atoms with Crippen molar-refractivity contribution in [2.24, 2.45) is 0 Å². The molecule has 0 radical (unpaired) electrons. The van der Waals surface area contributed by atoms with Crippen LogP contribution < -0.4 is 0 Å². The van der Waals surface area contributed by atoms with Crippen molar-refractivity contribution < 1.29 is 9.84 Å². The maximum Gasteiger partial charge on any atom is 0.143 e. The Hall–Kier alpha value is -5.28. The van der Waals surface area contributed by atoms with Crippen molar-refractivity contribution in [1.82, 2.24) is 0 Å². The summed E-state index contributed by atoms with van der Waals surface area (Å²) in [5.74, 6) is 0. The Balaban J connectivity index is 0.000000692. The standard InChI is InChI=1S/C41H30.C3H8O2/c1-5-14-31(15-6-1)39(32-16-7-2-8-17-32)27-30-24-25-37-36(26-30)29-41-35(22-13-23-38(37)41)28-40(33-18-9-3-10-19-33)34-20-11-4-12-21-34;1-2-5-3-4/h1-28H,29H2;4H,2-3H2,1H3. The van der Waals surface area contributed by atoms with Crippen LogP contribution >= 0.6 is 0 Å². The SMILES string of the molecule is C(=C(c1ccccc1)c1ccccc1)c1ccc2c(c1)Cc1c(C=C(c3ccccc3)c3ccccc3)cccc1-2.CCOCO. The van der Waals surface area contributed by atoms with Crippen molar-refractivity contribution in [2.75, 3.05) is 13.4 Å². The zero-order valence-corrected chi connectivity index (χ0v) is 26.1. The maximum atomic E-state index is 7.84. The number of rotatable bonds is 8. The Morgan fingerprint density at radius 1 is 0.565 bits per heavy atom. The smallest absolute Gasteiger partial charge is 0.143 e. The van der Waals surface area contributed by atoms with E-state index < -0.39 is 0 Å². The van der Waals surface area contributed by atoms with Gasteiger partial charge in [0, 0.05) is 6.61 Å². The fraction of sp³-hybridized carbons (Fsp3) is 0.0909. The molecule has 1 N–H and O–H groups in total. The maximum absolute atomic E-state index is 7.84. The molecular weight excluding hydrogens is 560 g/mol. The first kappa shape index (κ1) is 30.7. The van der Waals surface area contributed by atoms with E-state index in [-0.39, 0.29) is 6.79 Å². The summed E-state index contributed by atoms with van der Waals surface area (Å²) in [6, 6.07) is 56.5. The van der Waals surface area contributed by atoms with Gasteiger partial charge < -0.3 is 9.84 Å². The van der Waals surface area contributed by atoms with Crippen molar-refractivity contribution in [3.63, 3.8) is 0 Å². The molecule has 0 saturated heterocycles. The van der Waals surface area contributed by atoms with Gasteiger partial charge in [-0.3, -0.25) is 0 Å². The van der Waals surface area contributed by atoms with E-state index in [4.69, 9.17) is 5.11 Å². The molecular formula is C44H38O2. The third kappa shape index (κ3) is 7.16. The highest BCUT2D eigenvalue weighted by Gasteiger charge is 2.21. The van der Waals surface area contributed by atoms with E-state index in [2.05, 4.69) is 175 Å². The van der Waals surface area contributed by atoms with Crippen molar-refractivity contribution in [3.8, 4) is 11.1 Å². The average molecular weight is 599 g/mol. The molecule has 226 valence electrons. The van der Waals surface area contributed by atoms with E-state index >= 15 is 0 Å². The molecule has 0 spiro atoms. The van der Waals surface area contributed by atoms with Gasteiger partial charge in [-0.25, -0.2) is 0 Å². The third-order valence-corrected chi connectivity index (χ3v) is 8.24. The number of fused-ring (bicyclic) bond motifs is 3. The van der Waals surface area contributed by atoms with Crippen molar-refractivity contribution in [1.29, 1.82) is 0 Å². The lowest BCUT2D eigenvalue weighted by Gasteiger charge is -2.11. The summed E-state index contributed by atoms with van der Waals surface area (Å²) < 4.78 is 4.39. The van der Waals surface area contributed by atoms with Gasteiger partial charge in [-0.15, -0.1) is 0 Å². The van der Waals surface area contributed by atoms with Crippen LogP contribution in [-0.4, -0.2) is 18.5 Å². The molecule has 0 saturated carbocycles. The van der Waals surface area contributed by atoms with E-state index in [1.165, 1.54) is 66.8 Å². The Bertz CT molecular complexity index is 1840. The Morgan fingerprint density at radius 2 is 1.07 bits per heavy atom. The fourth-order valence-corrected chi connectivity index (χ4v) is 6.04. The van der Waals surface area contributed by atoms with Gasteiger partial charge in [-0.05, 0) is 92.3 Å². The molecule has 46 heavy (non-hydrogen) atoms. The summed E-state index contributed by atoms with van der Waals surface area (Å²) in [6.07, 6.45) is 5.64. The molecule has 0 aromatic heterocycles. The van der Waals surface area contributed by atoms with Crippen LogP contribution in [0.5, 0.6) is 0 Å². The third-order valence-electron chi connectivity index (χ3n) is 8.24. The second-order valence-electron chi connectivity index (χ2n) is 11.2. The average Bonchev–Trinajstić information content (AvgIpc) is 3.50. The summed E-state index contributed by atoms with van der Waals surface area (Å²) in [5, 5.41) is 7.84. The van der Waals surface area contributed by atoms with Crippen LogP contribution in [0.25, 0.3) is 34.4 Å². The van der Waals surface area contributed by atoms with E-state index in [0.29, 0.717) is 6.61 Å². The van der Waals surface area contributed by atoms with Crippen LogP contribution in [0.4, 0.5) is 0 Å². The van der Waals surface area contributed by atoms with Gasteiger partial charge in [0.05, 0.1) is 0 Å². The predicted octanol–water partition coefficient (Wildman–Crippen LogP) is 10.4. The second-order valence-corrected chi connectivity index (χ2v) is 11.2. The number of aliphatic hydroxyl groups is 1. The van der Waals surface area contributed by atoms with E-state index in [0.717, 1.165) is 6.42 Å². The van der Waals surface area contributed by atoms with Gasteiger partial charge in [0.1, 0.15) is 6.79 Å². The van der Waals surface area contributed by atoms with E-state index in [1.807, 2.05) is 6.92 Å². The lowest BCUT2D eigenvalue weighted by Crippen LogP contribution is -1.91. The van der Waals surface area contributed by atoms with E-state index in [1.54, 1.807) is 0 Å². The highest BCUT2D eigenvalue weighted by Crippen LogP contribution is 2.41. The van der Waals surface area contributed by atoms with Crippen LogP contribution in [0.2, 0.25) is 0 Å². The minimum absolute atomic E-state index is 0.156. The van der Waals surface area contributed by atoms with Gasteiger partial charge in [-0.2, -0.15) is 0 Å². The summed E-state index contributed by atoms with van der Waals surface area (Å²) in [5.41, 5.74) is 15.4. The van der Waals surface area contributed by atoms with Gasteiger partial charge in [-0.1, -0.05) is 158 Å². The zero-order valence-electron chi connectivity index (χ0n) is 26.1. The molecule has 0 aliphatic heterocycles. The lowest BCUT2D eigenvalue weighted by atomic mass is 9.93. The van der Waals surface area contributed by atoms with Crippen LogP contribution in [-0.2, 0) is 11.2 Å². The first-order valence-corrected chi connectivity index (χ1v) is 15.8. The molecule has 0 heterocycles. The lowest BCUT2D eigenvalue weighted by molar-refractivity contribution is 0.00539. The first-order chi connectivity index (χ1) is 22.7. The molecule has 6 aromatic rings. The number of benzene rings is 6. The monoisotopic (exact) mass is 598 g/mol. The summed E-state index contributed by atoms with van der Waals surface area (Å²) in [4.78, 5) is 0. The molecule has 0 atom stereocenters. The van der Waals surface area contributed by atoms with Crippen molar-refractivity contribution >= 4 is 23.3 Å². The topological polar surface area (TPSA) is 29.5 Å². The van der Waals surface area contributed by atoms with Gasteiger partial charge in [0.2, 0.25) is 0 Å². The molecule has 2 heteroatoms. The van der Waals surface area contributed by atoms with Crippen LogP contribution in [0, 0.1) is 0 Å². The Labute approximate surface area is 272 Å². The van der Waals surface area contributed by atoms with Gasteiger partial charge >= 0.3 is 0 Å². The highest BCUT2D eigenvalue weighted by molar-refractivity contribution is 5.95. The molecule has 1 aliphatic rings. The number of aliphatic hydroxyl groups excluding tert-OH is 1. The number of ether oxygens (including phenoxy) is 1. The van der Waals surface area contributed by atoms with Crippen LogP contribution in [0.3, 0.4) is 0 Å². The minimum atomic E-state index is -0.156. The predicted molar refractivity (Wildman–Crippen MR) is 193 cm³/mol. The van der Waals surface area contributed by atoms with Crippen LogP contribution in [0.1, 0.15) is 51.4 Å². The summed E-state index contributed by atoms with van der Waals surface area (Å²) in [7, 11) is 0. The van der Waals surface area contributed by atoms with Gasteiger partial charge in [0.25, 0.3) is 0 Å². The number of hydrogen-bond acceptors (Lipinski definition) is 2. The highest BCUT2D eigenvalue weighted by atomic mass is 16.6. The summed E-state index contributed by atoms with van der Waals surface area (Å²) >= 11 is 0. The quantitative estimate of drug-likeness (QED) is 0.139. The molecule has 7 rings (SSSR count). The van der Waals surface area contributed by atoms with Gasteiger partial charge in [0.15, 0.2) is 0 Å². The molecule has 6 aromatic carbocycles. The molecule has 0 unspecified atom stereocenters. The molecule has 2 nitrogen and oxygen atoms in total. The normalized spacial score (nSPS) is 11.0. The molecule has 0 fully saturated rings. The molecule has 1 aliphatic carbocycles. The summed E-state index contributed by atoms with van der Waals surface area (Å²) in [6.45, 7) is 2.27. The molecule has 0 amide bonds. The first-order valence-electron chi connectivity index (χ1n) is 15.8. The fourth-order valence-electron chi connectivity index (χ4n) is 6.04. The van der Waals surface area contributed by atoms with Crippen LogP contribution in [0.15, 0.2) is 158 Å². The number of hydrogen-bond donors (Lipinski definition) is 1. The largest absolute Gasteiger partial charge is 0.371 e. The zero-order chi connectivity index (χ0) is 31.6.